The average molecular weight is 214 g/mol. The fraction of sp³-hybridized carbons (Fsp3) is 0.875. The number of esters is 1. The number of carbonyl (C=O) groups excluding carboxylic acids is 1. The molecule has 0 aromatic carbocycles. The minimum atomic E-state index is -0.507. The number of nitrogens with two attached hydrogens (primary N) is 1. The van der Waals surface area contributed by atoms with E-state index in [-0.39, 0.29) is 12.1 Å². The maximum Gasteiger partial charge on any atom is 0.322 e. The van der Waals surface area contributed by atoms with Crippen molar-refractivity contribution in [3.8, 4) is 0 Å². The Hall–Kier alpha value is -0.320. The van der Waals surface area contributed by atoms with Crippen LogP contribution in [0.15, 0.2) is 0 Å². The van der Waals surface area contributed by atoms with Crippen LogP contribution in [0.25, 0.3) is 0 Å². The SMILES string of the molecule is CC.CC(C)OC(=O)[C@@H](C)N.OCl. The van der Waals surface area contributed by atoms with Crippen LogP contribution in [0.3, 0.4) is 0 Å². The first-order valence-corrected chi connectivity index (χ1v) is 4.51. The third kappa shape index (κ3) is 18.6. The van der Waals surface area contributed by atoms with Crippen molar-refractivity contribution in [3.63, 3.8) is 0 Å². The topological polar surface area (TPSA) is 72.5 Å². The molecule has 0 aliphatic carbocycles. The summed E-state index contributed by atoms with van der Waals surface area (Å²) >= 11 is 3.64. The van der Waals surface area contributed by atoms with Gasteiger partial charge in [0.05, 0.1) is 18.0 Å². The van der Waals surface area contributed by atoms with Gasteiger partial charge in [-0.3, -0.25) is 9.45 Å². The lowest BCUT2D eigenvalue weighted by atomic mass is 10.4. The van der Waals surface area contributed by atoms with Crippen molar-refractivity contribution in [2.75, 3.05) is 0 Å². The highest BCUT2D eigenvalue weighted by molar-refractivity contribution is 6.04. The maximum absolute atomic E-state index is 10.6. The number of rotatable bonds is 2. The lowest BCUT2D eigenvalue weighted by Crippen LogP contribution is -2.30. The largest absolute Gasteiger partial charge is 0.462 e. The second-order valence-corrected chi connectivity index (χ2v) is 2.27. The number of halogens is 1. The van der Waals surface area contributed by atoms with Crippen LogP contribution >= 0.6 is 11.9 Å². The molecule has 0 aliphatic heterocycles. The second-order valence-electron chi connectivity index (χ2n) is 2.27. The molecule has 0 rings (SSSR count). The van der Waals surface area contributed by atoms with Crippen LogP contribution in [-0.4, -0.2) is 22.8 Å². The van der Waals surface area contributed by atoms with E-state index in [9.17, 15) is 4.79 Å². The van der Waals surface area contributed by atoms with Crippen LogP contribution in [0, 0.1) is 0 Å². The molecule has 0 amide bonds. The predicted molar refractivity (Wildman–Crippen MR) is 54.3 cm³/mol. The van der Waals surface area contributed by atoms with E-state index in [0.717, 1.165) is 0 Å². The Labute approximate surface area is 85.2 Å². The van der Waals surface area contributed by atoms with Gasteiger partial charge in [-0.2, -0.15) is 0 Å². The average Bonchev–Trinajstić information content (AvgIpc) is 2.10. The molecule has 1 atom stereocenters. The third-order valence-electron chi connectivity index (χ3n) is 0.724. The van der Waals surface area contributed by atoms with Crippen molar-refractivity contribution in [1.82, 2.24) is 0 Å². The monoisotopic (exact) mass is 213 g/mol. The molecular weight excluding hydrogens is 194 g/mol. The van der Waals surface area contributed by atoms with Gasteiger partial charge in [0, 0.05) is 0 Å². The molecule has 0 heterocycles. The van der Waals surface area contributed by atoms with Crippen LogP contribution in [0.5, 0.6) is 0 Å². The molecule has 0 bridgehead atoms. The van der Waals surface area contributed by atoms with Gasteiger partial charge in [0.2, 0.25) is 0 Å². The fourth-order valence-electron chi connectivity index (χ4n) is 0.340. The number of carbonyl (C=O) groups is 1. The summed E-state index contributed by atoms with van der Waals surface area (Å²) < 4.78 is 11.2. The molecule has 5 heteroatoms. The Morgan fingerprint density at radius 3 is 1.69 bits per heavy atom. The number of ether oxygens (including phenoxy) is 1. The van der Waals surface area contributed by atoms with Gasteiger partial charge in [-0.15, -0.1) is 0 Å². The second kappa shape index (κ2) is 14.2. The molecular formula is C8H20ClNO3. The summed E-state index contributed by atoms with van der Waals surface area (Å²) in [4.78, 5) is 10.6. The maximum atomic E-state index is 10.6. The van der Waals surface area contributed by atoms with Crippen LogP contribution < -0.4 is 5.73 Å². The van der Waals surface area contributed by atoms with Crippen LogP contribution in [0.2, 0.25) is 0 Å². The molecule has 0 saturated carbocycles. The van der Waals surface area contributed by atoms with E-state index in [1.807, 2.05) is 13.8 Å². The molecule has 0 saturated heterocycles. The zero-order chi connectivity index (χ0) is 11.4. The predicted octanol–water partition coefficient (Wildman–Crippen LogP) is 1.44. The van der Waals surface area contributed by atoms with Gasteiger partial charge in [0.15, 0.2) is 0 Å². The van der Waals surface area contributed by atoms with Crippen molar-refractivity contribution in [3.05, 3.63) is 0 Å². The molecule has 0 fully saturated rings. The van der Waals surface area contributed by atoms with Crippen molar-refractivity contribution in [2.45, 2.75) is 46.8 Å². The summed E-state index contributed by atoms with van der Waals surface area (Å²) in [5.41, 5.74) is 5.21. The van der Waals surface area contributed by atoms with E-state index in [1.54, 1.807) is 20.8 Å². The quantitative estimate of drug-likeness (QED) is 0.681. The molecule has 3 N–H and O–H groups in total. The minimum Gasteiger partial charge on any atom is -0.462 e. The van der Waals surface area contributed by atoms with E-state index in [1.165, 1.54) is 0 Å². The lowest BCUT2D eigenvalue weighted by Gasteiger charge is -2.08. The number of hydrogen-bond acceptors (Lipinski definition) is 4. The van der Waals surface area contributed by atoms with E-state index < -0.39 is 6.04 Å². The summed E-state index contributed by atoms with van der Waals surface area (Å²) in [6.07, 6.45) is -0.0662. The van der Waals surface area contributed by atoms with Crippen LogP contribution in [0.4, 0.5) is 0 Å². The summed E-state index contributed by atoms with van der Waals surface area (Å²) in [7, 11) is 0. The van der Waals surface area contributed by atoms with Gasteiger partial charge in [0.25, 0.3) is 0 Å². The highest BCUT2D eigenvalue weighted by Gasteiger charge is 2.09. The molecule has 0 radical (unpaired) electrons. The Morgan fingerprint density at radius 1 is 1.31 bits per heavy atom. The first kappa shape index (κ1) is 18.5. The minimum absolute atomic E-state index is 0.0662. The van der Waals surface area contributed by atoms with Gasteiger partial charge in [0.1, 0.15) is 6.04 Å². The molecule has 82 valence electrons. The zero-order valence-electron chi connectivity index (χ0n) is 8.87. The van der Waals surface area contributed by atoms with Gasteiger partial charge < -0.3 is 10.5 Å². The first-order chi connectivity index (χ1) is 6.04. The Morgan fingerprint density at radius 2 is 1.62 bits per heavy atom. The van der Waals surface area contributed by atoms with Crippen molar-refractivity contribution in [2.24, 2.45) is 5.73 Å². The Balaban J connectivity index is -0.000000218. The molecule has 4 nitrogen and oxygen atoms in total. The normalized spacial score (nSPS) is 10.2. The standard InChI is InChI=1S/C6H13NO2.C2H6.ClHO/c1-4(2)9-6(8)5(3)7;2*1-2/h4-5H,7H2,1-3H3;1-2H3;2H/t5-;;/m1../s1. The smallest absolute Gasteiger partial charge is 0.322 e. The Kier molecular flexibility index (Phi) is 20.2. The van der Waals surface area contributed by atoms with Crippen molar-refractivity contribution >= 4 is 17.8 Å². The number of hydrogen-bond donors (Lipinski definition) is 2. The highest BCUT2D eigenvalue weighted by Crippen LogP contribution is 1.90. The summed E-state index contributed by atoms with van der Waals surface area (Å²) in [5.74, 6) is -0.343. The fourth-order valence-corrected chi connectivity index (χ4v) is 0.340. The highest BCUT2D eigenvalue weighted by atomic mass is 35.5. The van der Waals surface area contributed by atoms with Gasteiger partial charge in [-0.05, 0) is 20.8 Å². The molecule has 0 aromatic heterocycles. The summed E-state index contributed by atoms with van der Waals surface area (Å²) in [5, 5.41) is 0. The summed E-state index contributed by atoms with van der Waals surface area (Å²) in [6, 6.07) is -0.507. The van der Waals surface area contributed by atoms with E-state index in [2.05, 4.69) is 11.9 Å². The van der Waals surface area contributed by atoms with E-state index in [0.29, 0.717) is 0 Å². The zero-order valence-corrected chi connectivity index (χ0v) is 9.63. The lowest BCUT2D eigenvalue weighted by molar-refractivity contribution is -0.148. The van der Waals surface area contributed by atoms with Crippen LogP contribution in [0.1, 0.15) is 34.6 Å². The molecule has 13 heavy (non-hydrogen) atoms. The van der Waals surface area contributed by atoms with Gasteiger partial charge >= 0.3 is 5.97 Å². The molecule has 0 spiro atoms. The Bertz CT molecular complexity index is 108. The first-order valence-electron chi connectivity index (χ1n) is 4.17. The van der Waals surface area contributed by atoms with Gasteiger partial charge in [-0.1, -0.05) is 13.8 Å². The van der Waals surface area contributed by atoms with Crippen molar-refractivity contribution in [1.29, 1.82) is 0 Å². The van der Waals surface area contributed by atoms with Crippen LogP contribution in [-0.2, 0) is 9.53 Å². The van der Waals surface area contributed by atoms with Crippen molar-refractivity contribution < 1.29 is 14.2 Å². The summed E-state index contributed by atoms with van der Waals surface area (Å²) in [6.45, 7) is 9.19. The van der Waals surface area contributed by atoms with E-state index >= 15 is 0 Å². The van der Waals surface area contributed by atoms with E-state index in [4.69, 9.17) is 15.1 Å². The molecule has 0 aliphatic rings. The molecule has 0 unspecified atom stereocenters. The molecule has 0 aromatic rings. The third-order valence-corrected chi connectivity index (χ3v) is 0.724. The van der Waals surface area contributed by atoms with Gasteiger partial charge in [-0.25, -0.2) is 0 Å².